The predicted molar refractivity (Wildman–Crippen MR) is 74.2 cm³/mol. The van der Waals surface area contributed by atoms with Gasteiger partial charge in [0.1, 0.15) is 0 Å². The Balaban J connectivity index is 1.45. The molecule has 0 aliphatic carbocycles. The second-order valence-corrected chi connectivity index (χ2v) is 5.49. The molecule has 0 aromatic carbocycles. The molecule has 1 aliphatic heterocycles. The van der Waals surface area contributed by atoms with Crippen molar-refractivity contribution in [1.82, 2.24) is 24.9 Å². The molecule has 0 unspecified atom stereocenters. The van der Waals surface area contributed by atoms with Crippen molar-refractivity contribution in [3.8, 4) is 0 Å². The number of nitrogens with one attached hydrogen (secondary N) is 1. The Morgan fingerprint density at radius 3 is 2.79 bits per heavy atom. The van der Waals surface area contributed by atoms with Gasteiger partial charge in [-0.05, 0) is 32.0 Å². The summed E-state index contributed by atoms with van der Waals surface area (Å²) < 4.78 is 1.91. The van der Waals surface area contributed by atoms with Gasteiger partial charge >= 0.3 is 0 Å². The van der Waals surface area contributed by atoms with E-state index in [2.05, 4.69) is 26.3 Å². The first-order valence-corrected chi connectivity index (χ1v) is 7.08. The summed E-state index contributed by atoms with van der Waals surface area (Å²) >= 11 is 5.85. The number of rotatable bonds is 4. The summed E-state index contributed by atoms with van der Waals surface area (Å²) in [6.45, 7) is 4.21. The summed E-state index contributed by atoms with van der Waals surface area (Å²) in [6, 6.07) is 2.09. The average Bonchev–Trinajstić information content (AvgIpc) is 3.08. The minimum Gasteiger partial charge on any atom is -0.301 e. The number of likely N-dealkylation sites (tertiary alicyclic amines) is 1. The van der Waals surface area contributed by atoms with E-state index >= 15 is 0 Å². The van der Waals surface area contributed by atoms with Gasteiger partial charge in [0.2, 0.25) is 0 Å². The lowest BCUT2D eigenvalue weighted by molar-refractivity contribution is 0.201. The van der Waals surface area contributed by atoms with Crippen LogP contribution < -0.4 is 0 Å². The molecule has 0 bridgehead atoms. The smallest absolute Gasteiger partial charge is 0.0785 e. The summed E-state index contributed by atoms with van der Waals surface area (Å²) in [5.41, 5.74) is 1.28. The number of aromatic amines is 1. The van der Waals surface area contributed by atoms with Gasteiger partial charge in [-0.25, -0.2) is 0 Å². The molecule has 0 radical (unpaired) electrons. The van der Waals surface area contributed by atoms with E-state index in [1.54, 1.807) is 6.20 Å². The van der Waals surface area contributed by atoms with Crippen molar-refractivity contribution >= 4 is 11.6 Å². The van der Waals surface area contributed by atoms with E-state index in [4.69, 9.17) is 11.6 Å². The number of H-pyrrole nitrogens is 1. The Hall–Kier alpha value is -1.33. The number of halogens is 1. The van der Waals surface area contributed by atoms with Crippen LogP contribution in [-0.4, -0.2) is 44.5 Å². The molecule has 1 saturated heterocycles. The zero-order valence-corrected chi connectivity index (χ0v) is 11.6. The molecule has 3 heterocycles. The van der Waals surface area contributed by atoms with Crippen molar-refractivity contribution in [2.75, 3.05) is 19.6 Å². The molecule has 2 aromatic rings. The van der Waals surface area contributed by atoms with E-state index in [0.29, 0.717) is 10.9 Å². The Labute approximate surface area is 117 Å². The fourth-order valence-corrected chi connectivity index (χ4v) is 2.82. The number of hydrogen-bond donors (Lipinski definition) is 1. The second kappa shape index (κ2) is 5.75. The summed E-state index contributed by atoms with van der Waals surface area (Å²) in [7, 11) is 0. The maximum atomic E-state index is 5.85. The minimum absolute atomic E-state index is 0.637. The molecule has 0 saturated carbocycles. The fourth-order valence-electron chi connectivity index (χ4n) is 2.67. The van der Waals surface area contributed by atoms with E-state index < -0.39 is 0 Å². The molecule has 1 aliphatic rings. The lowest BCUT2D eigenvalue weighted by Gasteiger charge is -2.31. The summed E-state index contributed by atoms with van der Waals surface area (Å²) in [6.07, 6.45) is 7.79. The first-order chi connectivity index (χ1) is 9.31. The SMILES string of the molecule is Clc1cnn(CCN2CCC(c3ccn[nH]3)CC2)c1. The summed E-state index contributed by atoms with van der Waals surface area (Å²) in [5, 5.41) is 12.0. The van der Waals surface area contributed by atoms with Crippen LogP contribution in [0.4, 0.5) is 0 Å². The van der Waals surface area contributed by atoms with Crippen molar-refractivity contribution in [2.24, 2.45) is 0 Å². The maximum absolute atomic E-state index is 5.85. The van der Waals surface area contributed by atoms with Crippen molar-refractivity contribution < 1.29 is 0 Å². The molecule has 5 nitrogen and oxygen atoms in total. The first kappa shape index (κ1) is 12.7. The van der Waals surface area contributed by atoms with Crippen LogP contribution in [0.5, 0.6) is 0 Å². The molecule has 1 N–H and O–H groups in total. The van der Waals surface area contributed by atoms with Crippen LogP contribution >= 0.6 is 11.6 Å². The van der Waals surface area contributed by atoms with E-state index in [-0.39, 0.29) is 0 Å². The summed E-state index contributed by atoms with van der Waals surface area (Å²) in [4.78, 5) is 2.49. The lowest BCUT2D eigenvalue weighted by atomic mass is 9.94. The second-order valence-electron chi connectivity index (χ2n) is 5.05. The van der Waals surface area contributed by atoms with Crippen LogP contribution in [0.3, 0.4) is 0 Å². The van der Waals surface area contributed by atoms with Gasteiger partial charge in [-0.15, -0.1) is 0 Å². The molecule has 1 fully saturated rings. The van der Waals surface area contributed by atoms with Gasteiger partial charge in [0, 0.05) is 30.6 Å². The average molecular weight is 280 g/mol. The lowest BCUT2D eigenvalue weighted by Crippen LogP contribution is -2.35. The van der Waals surface area contributed by atoms with E-state index in [1.807, 2.05) is 17.1 Å². The van der Waals surface area contributed by atoms with Gasteiger partial charge in [0.25, 0.3) is 0 Å². The summed E-state index contributed by atoms with van der Waals surface area (Å²) in [5.74, 6) is 0.637. The molecule has 19 heavy (non-hydrogen) atoms. The fraction of sp³-hybridized carbons (Fsp3) is 0.538. The van der Waals surface area contributed by atoms with Gasteiger partial charge in [0.15, 0.2) is 0 Å². The first-order valence-electron chi connectivity index (χ1n) is 6.71. The van der Waals surface area contributed by atoms with Gasteiger partial charge < -0.3 is 4.90 Å². The molecular formula is C13H18ClN5. The van der Waals surface area contributed by atoms with E-state index in [9.17, 15) is 0 Å². The molecule has 0 spiro atoms. The topological polar surface area (TPSA) is 49.7 Å². The van der Waals surface area contributed by atoms with Crippen molar-refractivity contribution in [2.45, 2.75) is 25.3 Å². The van der Waals surface area contributed by atoms with Crippen LogP contribution in [0.2, 0.25) is 5.02 Å². The Kier molecular flexibility index (Phi) is 3.84. The highest BCUT2D eigenvalue weighted by atomic mass is 35.5. The Bertz CT molecular complexity index is 499. The van der Waals surface area contributed by atoms with Gasteiger partial charge in [-0.3, -0.25) is 9.78 Å². The van der Waals surface area contributed by atoms with Crippen LogP contribution in [-0.2, 0) is 6.54 Å². The third kappa shape index (κ3) is 3.16. The molecule has 3 rings (SSSR count). The number of nitrogens with zero attached hydrogens (tertiary/aromatic N) is 4. The van der Waals surface area contributed by atoms with Crippen LogP contribution in [0.1, 0.15) is 24.5 Å². The van der Waals surface area contributed by atoms with E-state index in [0.717, 1.165) is 26.2 Å². The Morgan fingerprint density at radius 2 is 2.16 bits per heavy atom. The van der Waals surface area contributed by atoms with Gasteiger partial charge in [-0.1, -0.05) is 11.6 Å². The standard InChI is InChI=1S/C13H18ClN5/c14-12-9-16-19(10-12)8-7-18-5-2-11(3-6-18)13-1-4-15-17-13/h1,4,9-11H,2-3,5-8H2,(H,15,17). The van der Waals surface area contributed by atoms with E-state index in [1.165, 1.54) is 18.5 Å². The normalized spacial score (nSPS) is 17.9. The van der Waals surface area contributed by atoms with Gasteiger partial charge in [0.05, 0.1) is 17.8 Å². The molecule has 0 amide bonds. The van der Waals surface area contributed by atoms with Gasteiger partial charge in [-0.2, -0.15) is 10.2 Å². The van der Waals surface area contributed by atoms with Crippen molar-refractivity contribution in [1.29, 1.82) is 0 Å². The number of piperidine rings is 1. The maximum Gasteiger partial charge on any atom is 0.0785 e. The highest BCUT2D eigenvalue weighted by Gasteiger charge is 2.21. The largest absolute Gasteiger partial charge is 0.301 e. The Morgan fingerprint density at radius 1 is 1.32 bits per heavy atom. The monoisotopic (exact) mass is 279 g/mol. The zero-order valence-electron chi connectivity index (χ0n) is 10.8. The van der Waals surface area contributed by atoms with Crippen molar-refractivity contribution in [3.05, 3.63) is 35.4 Å². The predicted octanol–water partition coefficient (Wildman–Crippen LogP) is 2.14. The molecule has 102 valence electrons. The van der Waals surface area contributed by atoms with Crippen molar-refractivity contribution in [3.63, 3.8) is 0 Å². The number of aromatic nitrogens is 4. The molecule has 0 atom stereocenters. The molecule has 6 heteroatoms. The molecular weight excluding hydrogens is 262 g/mol. The zero-order chi connectivity index (χ0) is 13.1. The third-order valence-electron chi connectivity index (χ3n) is 3.80. The van der Waals surface area contributed by atoms with Crippen LogP contribution in [0.15, 0.2) is 24.7 Å². The number of hydrogen-bond acceptors (Lipinski definition) is 3. The highest BCUT2D eigenvalue weighted by Crippen LogP contribution is 2.26. The molecule has 2 aromatic heterocycles. The third-order valence-corrected chi connectivity index (χ3v) is 3.99. The quantitative estimate of drug-likeness (QED) is 0.933. The van der Waals surface area contributed by atoms with Crippen LogP contribution in [0, 0.1) is 0 Å². The minimum atomic E-state index is 0.637. The van der Waals surface area contributed by atoms with Crippen LogP contribution in [0.25, 0.3) is 0 Å². The highest BCUT2D eigenvalue weighted by molar-refractivity contribution is 6.30.